The fourth-order valence-corrected chi connectivity index (χ4v) is 5.20. The van der Waals surface area contributed by atoms with Crippen LogP contribution in [0.3, 0.4) is 0 Å². The molecule has 0 unspecified atom stereocenters. The molecular formula is C33H32N2O5. The average molecular weight is 537 g/mol. The van der Waals surface area contributed by atoms with Crippen molar-refractivity contribution < 1.29 is 19.1 Å². The van der Waals surface area contributed by atoms with Crippen molar-refractivity contribution in [1.82, 2.24) is 9.47 Å². The monoisotopic (exact) mass is 536 g/mol. The molecule has 204 valence electrons. The third-order valence-electron chi connectivity index (χ3n) is 7.62. The summed E-state index contributed by atoms with van der Waals surface area (Å²) in [6.45, 7) is 3.42. The van der Waals surface area contributed by atoms with E-state index in [-0.39, 0.29) is 23.9 Å². The Kier molecular flexibility index (Phi) is 7.11. The first kappa shape index (κ1) is 25.9. The van der Waals surface area contributed by atoms with Crippen LogP contribution in [0.1, 0.15) is 64.6 Å². The van der Waals surface area contributed by atoms with Gasteiger partial charge in [-0.3, -0.25) is 19.3 Å². The Labute approximate surface area is 232 Å². The van der Waals surface area contributed by atoms with Gasteiger partial charge in [0.25, 0.3) is 17.4 Å². The minimum Gasteiger partial charge on any atom is -0.491 e. The zero-order chi connectivity index (χ0) is 27.6. The summed E-state index contributed by atoms with van der Waals surface area (Å²) in [5.74, 6) is 0.831. The number of fused-ring (bicyclic) bond motifs is 2. The minimum atomic E-state index is -0.356. The van der Waals surface area contributed by atoms with Crippen LogP contribution in [-0.2, 0) is 19.7 Å². The number of pyridine rings is 1. The van der Waals surface area contributed by atoms with Gasteiger partial charge in [0.05, 0.1) is 35.4 Å². The molecule has 1 aliphatic heterocycles. The van der Waals surface area contributed by atoms with Crippen LogP contribution in [0.25, 0.3) is 10.8 Å². The third kappa shape index (κ3) is 4.99. The zero-order valence-electron chi connectivity index (χ0n) is 22.6. The number of aromatic nitrogens is 1. The van der Waals surface area contributed by atoms with Gasteiger partial charge < -0.3 is 14.0 Å². The van der Waals surface area contributed by atoms with Crippen LogP contribution in [0.5, 0.6) is 11.5 Å². The number of carbonyl (C=O) groups excluding carboxylic acids is 2. The van der Waals surface area contributed by atoms with Gasteiger partial charge in [0.2, 0.25) is 0 Å². The van der Waals surface area contributed by atoms with Gasteiger partial charge in [-0.25, -0.2) is 0 Å². The minimum absolute atomic E-state index is 0.0409. The van der Waals surface area contributed by atoms with Crippen LogP contribution >= 0.6 is 0 Å². The third-order valence-corrected chi connectivity index (χ3v) is 7.62. The Bertz CT molecular complexity index is 1600. The van der Waals surface area contributed by atoms with Crippen LogP contribution in [0.2, 0.25) is 0 Å². The van der Waals surface area contributed by atoms with E-state index in [2.05, 4.69) is 6.92 Å². The van der Waals surface area contributed by atoms with Crippen molar-refractivity contribution in [1.29, 1.82) is 0 Å². The number of amides is 2. The van der Waals surface area contributed by atoms with E-state index in [1.54, 1.807) is 34.9 Å². The van der Waals surface area contributed by atoms with Crippen molar-refractivity contribution in [2.75, 3.05) is 6.61 Å². The highest BCUT2D eigenvalue weighted by Crippen LogP contribution is 2.37. The highest BCUT2D eigenvalue weighted by molar-refractivity contribution is 6.21. The number of benzene rings is 3. The Hall–Kier alpha value is -4.39. The number of carbonyl (C=O) groups is 2. The van der Waals surface area contributed by atoms with E-state index in [4.69, 9.17) is 9.47 Å². The predicted molar refractivity (Wildman–Crippen MR) is 153 cm³/mol. The Balaban J connectivity index is 1.45. The first-order valence-corrected chi connectivity index (χ1v) is 14.0. The van der Waals surface area contributed by atoms with Gasteiger partial charge in [0.1, 0.15) is 18.1 Å². The number of hydrogen-bond donors (Lipinski definition) is 0. The van der Waals surface area contributed by atoms with Crippen molar-refractivity contribution in [3.63, 3.8) is 0 Å². The Morgan fingerprint density at radius 3 is 2.20 bits per heavy atom. The zero-order valence-corrected chi connectivity index (χ0v) is 22.6. The molecule has 0 radical (unpaired) electrons. The summed E-state index contributed by atoms with van der Waals surface area (Å²) in [6, 6.07) is 22.2. The molecule has 2 amide bonds. The highest BCUT2D eigenvalue weighted by atomic mass is 16.5. The van der Waals surface area contributed by atoms with Gasteiger partial charge in [-0.1, -0.05) is 55.8 Å². The molecule has 1 fully saturated rings. The van der Waals surface area contributed by atoms with Gasteiger partial charge in [0, 0.05) is 11.9 Å². The quantitative estimate of drug-likeness (QED) is 0.174. The lowest BCUT2D eigenvalue weighted by atomic mass is 10.1. The molecule has 0 saturated heterocycles. The summed E-state index contributed by atoms with van der Waals surface area (Å²) >= 11 is 0. The average Bonchev–Trinajstić information content (AvgIpc) is 3.78. The summed E-state index contributed by atoms with van der Waals surface area (Å²) in [7, 11) is 0. The maximum atomic E-state index is 13.9. The number of rotatable bonds is 11. The van der Waals surface area contributed by atoms with Gasteiger partial charge in [0.15, 0.2) is 0 Å². The first-order chi connectivity index (χ1) is 19.5. The van der Waals surface area contributed by atoms with Crippen LogP contribution in [0.4, 0.5) is 0 Å². The molecule has 6 rings (SSSR count). The summed E-state index contributed by atoms with van der Waals surface area (Å²) in [6.07, 6.45) is 3.88. The Morgan fingerprint density at radius 2 is 1.52 bits per heavy atom. The second-order valence-corrected chi connectivity index (χ2v) is 10.6. The van der Waals surface area contributed by atoms with Crippen molar-refractivity contribution in [3.05, 3.63) is 106 Å². The lowest BCUT2D eigenvalue weighted by molar-refractivity contribution is 0.0636. The lowest BCUT2D eigenvalue weighted by Crippen LogP contribution is -2.34. The molecule has 0 atom stereocenters. The molecule has 2 aliphatic rings. The molecule has 7 heteroatoms. The molecule has 0 spiro atoms. The summed E-state index contributed by atoms with van der Waals surface area (Å²) in [5, 5.41) is 1.16. The number of imide groups is 1. The van der Waals surface area contributed by atoms with Crippen LogP contribution < -0.4 is 15.0 Å². The number of unbranched alkanes of at least 4 members (excludes halogenated alkanes) is 1. The molecule has 4 aromatic rings. The molecule has 3 aromatic carbocycles. The molecule has 2 heterocycles. The number of ether oxygens (including phenoxy) is 2. The topological polar surface area (TPSA) is 77.8 Å². The first-order valence-electron chi connectivity index (χ1n) is 14.0. The van der Waals surface area contributed by atoms with Crippen molar-refractivity contribution >= 4 is 22.6 Å². The highest BCUT2D eigenvalue weighted by Gasteiger charge is 2.37. The molecule has 40 heavy (non-hydrogen) atoms. The number of nitrogens with zero attached hydrogens (tertiary/aromatic N) is 2. The van der Waals surface area contributed by atoms with E-state index in [9.17, 15) is 14.4 Å². The van der Waals surface area contributed by atoms with E-state index < -0.39 is 0 Å². The molecule has 7 nitrogen and oxygen atoms in total. The van der Waals surface area contributed by atoms with E-state index in [0.717, 1.165) is 31.2 Å². The molecule has 0 N–H and O–H groups in total. The SMILES string of the molecule is CCCCOc1c(CN2C(=O)c3ccccc3C2=O)n(CC2CC2)c(=O)c2ccc(OCc3ccccc3)cc12. The van der Waals surface area contributed by atoms with Crippen molar-refractivity contribution in [3.8, 4) is 11.5 Å². The van der Waals surface area contributed by atoms with Crippen LogP contribution in [-0.4, -0.2) is 27.9 Å². The van der Waals surface area contributed by atoms with Gasteiger partial charge >= 0.3 is 0 Å². The maximum Gasteiger partial charge on any atom is 0.261 e. The van der Waals surface area contributed by atoms with Crippen molar-refractivity contribution in [2.45, 2.75) is 52.3 Å². The van der Waals surface area contributed by atoms with E-state index in [1.807, 2.05) is 42.5 Å². The van der Waals surface area contributed by atoms with E-state index in [1.165, 1.54) is 4.90 Å². The van der Waals surface area contributed by atoms with E-state index in [0.29, 0.717) is 64.8 Å². The van der Waals surface area contributed by atoms with E-state index >= 15 is 0 Å². The fraction of sp³-hybridized carbons (Fsp3) is 0.303. The standard InChI is InChI=1S/C33H32N2O5/c1-2-3-17-39-30-28-18-24(40-21-23-9-5-4-6-10-23)15-16-27(28)31(36)34(19-22-13-14-22)29(30)20-35-32(37)25-11-7-8-12-26(25)33(35)38/h4-12,15-16,18,22H,2-3,13-14,17,19-21H2,1H3. The number of hydrogen-bond acceptors (Lipinski definition) is 5. The lowest BCUT2D eigenvalue weighted by Gasteiger charge is -2.23. The molecule has 1 aromatic heterocycles. The van der Waals surface area contributed by atoms with Gasteiger partial charge in [-0.2, -0.15) is 0 Å². The smallest absolute Gasteiger partial charge is 0.261 e. The Morgan fingerprint density at radius 1 is 0.825 bits per heavy atom. The normalized spacial score (nSPS) is 14.6. The molecular weight excluding hydrogens is 504 g/mol. The molecule has 0 bridgehead atoms. The van der Waals surface area contributed by atoms with Crippen LogP contribution in [0.15, 0.2) is 77.6 Å². The maximum absolute atomic E-state index is 13.9. The summed E-state index contributed by atoms with van der Waals surface area (Å²) < 4.78 is 14.2. The second kappa shape index (κ2) is 11.0. The summed E-state index contributed by atoms with van der Waals surface area (Å²) in [4.78, 5) is 41.8. The molecule has 1 aliphatic carbocycles. The van der Waals surface area contributed by atoms with Gasteiger partial charge in [-0.15, -0.1) is 0 Å². The largest absolute Gasteiger partial charge is 0.491 e. The predicted octanol–water partition coefficient (Wildman–Crippen LogP) is 5.97. The molecule has 1 saturated carbocycles. The van der Waals surface area contributed by atoms with Crippen molar-refractivity contribution in [2.24, 2.45) is 5.92 Å². The van der Waals surface area contributed by atoms with Gasteiger partial charge in [-0.05, 0) is 61.1 Å². The van der Waals surface area contributed by atoms with Crippen LogP contribution in [0, 0.1) is 5.92 Å². The fourth-order valence-electron chi connectivity index (χ4n) is 5.20. The summed E-state index contributed by atoms with van der Waals surface area (Å²) in [5.41, 5.74) is 2.21. The second-order valence-electron chi connectivity index (χ2n) is 10.6.